The molecule has 0 radical (unpaired) electrons. The Bertz CT molecular complexity index is 548. The van der Waals surface area contributed by atoms with E-state index in [1.165, 1.54) is 0 Å². The van der Waals surface area contributed by atoms with E-state index in [9.17, 15) is 18.4 Å². The minimum absolute atomic E-state index is 0.0487. The second-order valence-electron chi connectivity index (χ2n) is 3.59. The number of aliphatic carboxylic acids is 2. The van der Waals surface area contributed by atoms with E-state index in [4.69, 9.17) is 10.2 Å². The van der Waals surface area contributed by atoms with Gasteiger partial charge in [-0.2, -0.15) is 0 Å². The summed E-state index contributed by atoms with van der Waals surface area (Å²) in [5, 5.41) is 17.6. The van der Waals surface area contributed by atoms with Crippen molar-refractivity contribution in [2.24, 2.45) is 10.9 Å². The topological polar surface area (TPSA) is 87.0 Å². The number of rotatable bonds is 5. The number of thioether (sulfide) groups is 1. The maximum atomic E-state index is 13.0. The van der Waals surface area contributed by atoms with Crippen molar-refractivity contribution < 1.29 is 28.6 Å². The Morgan fingerprint density at radius 1 is 1.25 bits per heavy atom. The van der Waals surface area contributed by atoms with Crippen LogP contribution >= 0.6 is 11.8 Å². The number of carboxylic acids is 2. The molecular formula is C12H11F2NO4S. The number of hydrogen-bond acceptors (Lipinski definition) is 4. The predicted molar refractivity (Wildman–Crippen MR) is 70.3 cm³/mol. The maximum absolute atomic E-state index is 13.0. The second-order valence-corrected chi connectivity index (χ2v) is 4.88. The van der Waals surface area contributed by atoms with Crippen LogP contribution < -0.4 is 0 Å². The molecule has 20 heavy (non-hydrogen) atoms. The molecule has 0 bridgehead atoms. The molecule has 0 amide bonds. The average Bonchev–Trinajstić information content (AvgIpc) is 2.33. The van der Waals surface area contributed by atoms with Gasteiger partial charge in [0.2, 0.25) is 5.92 Å². The fraction of sp³-hybridized carbons (Fsp3) is 0.250. The second kappa shape index (κ2) is 6.99. The lowest BCUT2D eigenvalue weighted by molar-refractivity contribution is -0.150. The van der Waals surface area contributed by atoms with Crippen molar-refractivity contribution in [1.82, 2.24) is 0 Å². The highest BCUT2D eigenvalue weighted by Crippen LogP contribution is 2.22. The molecule has 0 spiro atoms. The van der Waals surface area contributed by atoms with Crippen molar-refractivity contribution in [3.63, 3.8) is 0 Å². The molecule has 0 fully saturated rings. The minimum Gasteiger partial charge on any atom is -0.480 e. The van der Waals surface area contributed by atoms with Gasteiger partial charge < -0.3 is 10.2 Å². The van der Waals surface area contributed by atoms with Gasteiger partial charge in [0.25, 0.3) is 0 Å². The lowest BCUT2D eigenvalue weighted by Crippen LogP contribution is -2.30. The Labute approximate surface area is 117 Å². The molecule has 0 atom stereocenters. The summed E-state index contributed by atoms with van der Waals surface area (Å²) in [6.45, 7) is 1.69. The predicted octanol–water partition coefficient (Wildman–Crippen LogP) is 2.53. The summed E-state index contributed by atoms with van der Waals surface area (Å²) in [5.41, 5.74) is -0.0487. The minimum atomic E-state index is -1.84. The summed E-state index contributed by atoms with van der Waals surface area (Å²) in [6, 6.07) is 2.74. The van der Waals surface area contributed by atoms with Crippen molar-refractivity contribution >= 4 is 34.4 Å². The SMILES string of the molecule is CCSC(=Nc1ccc(F)c(F)c1)C(C(=O)O)C(=O)O. The summed E-state index contributed by atoms with van der Waals surface area (Å²) < 4.78 is 25.8. The Hall–Kier alpha value is -1.96. The monoisotopic (exact) mass is 303 g/mol. The molecule has 0 aliphatic rings. The summed E-state index contributed by atoms with van der Waals surface area (Å²) in [6.07, 6.45) is 0. The van der Waals surface area contributed by atoms with Crippen molar-refractivity contribution in [2.45, 2.75) is 6.92 Å². The van der Waals surface area contributed by atoms with E-state index in [0.717, 1.165) is 30.0 Å². The summed E-state index contributed by atoms with van der Waals surface area (Å²) in [7, 11) is 0. The van der Waals surface area contributed by atoms with Crippen molar-refractivity contribution in [1.29, 1.82) is 0 Å². The van der Waals surface area contributed by atoms with E-state index in [2.05, 4.69) is 4.99 Å². The fourth-order valence-electron chi connectivity index (χ4n) is 1.33. The zero-order chi connectivity index (χ0) is 15.3. The van der Waals surface area contributed by atoms with Crippen molar-refractivity contribution in [3.8, 4) is 0 Å². The summed E-state index contributed by atoms with van der Waals surface area (Å²) >= 11 is 0.918. The molecule has 0 aromatic heterocycles. The van der Waals surface area contributed by atoms with Gasteiger partial charge in [-0.1, -0.05) is 6.92 Å². The van der Waals surface area contributed by atoms with Gasteiger partial charge in [0, 0.05) is 6.07 Å². The largest absolute Gasteiger partial charge is 0.480 e. The van der Waals surface area contributed by atoms with E-state index in [1.54, 1.807) is 6.92 Å². The van der Waals surface area contributed by atoms with Gasteiger partial charge in [-0.05, 0) is 17.9 Å². The molecule has 0 aliphatic carbocycles. The molecule has 0 heterocycles. The molecular weight excluding hydrogens is 292 g/mol. The van der Waals surface area contributed by atoms with Crippen LogP contribution in [0.2, 0.25) is 0 Å². The van der Waals surface area contributed by atoms with Crippen LogP contribution in [0.25, 0.3) is 0 Å². The number of aliphatic imine (C=N–C) groups is 1. The van der Waals surface area contributed by atoms with E-state index in [0.29, 0.717) is 5.75 Å². The molecule has 0 saturated carbocycles. The Morgan fingerprint density at radius 3 is 2.30 bits per heavy atom. The van der Waals surface area contributed by atoms with Gasteiger partial charge in [0.15, 0.2) is 11.6 Å². The zero-order valence-electron chi connectivity index (χ0n) is 10.3. The highest BCUT2D eigenvalue weighted by molar-refractivity contribution is 8.14. The quantitative estimate of drug-likeness (QED) is 0.496. The lowest BCUT2D eigenvalue weighted by Gasteiger charge is -2.10. The number of hydrogen-bond donors (Lipinski definition) is 2. The van der Waals surface area contributed by atoms with Gasteiger partial charge in [-0.25, -0.2) is 13.8 Å². The first kappa shape index (κ1) is 16.1. The Kier molecular flexibility index (Phi) is 5.63. The molecule has 1 aromatic carbocycles. The van der Waals surface area contributed by atoms with Crippen LogP contribution in [0.3, 0.4) is 0 Å². The van der Waals surface area contributed by atoms with Crippen molar-refractivity contribution in [3.05, 3.63) is 29.8 Å². The number of carbonyl (C=O) groups is 2. The van der Waals surface area contributed by atoms with Crippen LogP contribution in [0.1, 0.15) is 6.92 Å². The molecule has 108 valence electrons. The average molecular weight is 303 g/mol. The maximum Gasteiger partial charge on any atom is 0.324 e. The smallest absolute Gasteiger partial charge is 0.324 e. The molecule has 2 N–H and O–H groups in total. The highest BCUT2D eigenvalue weighted by Gasteiger charge is 2.31. The number of nitrogens with zero attached hydrogens (tertiary/aromatic N) is 1. The fourth-order valence-corrected chi connectivity index (χ4v) is 2.16. The van der Waals surface area contributed by atoms with Gasteiger partial charge >= 0.3 is 11.9 Å². The van der Waals surface area contributed by atoms with Crippen LogP contribution in [-0.2, 0) is 9.59 Å². The van der Waals surface area contributed by atoms with Crippen LogP contribution in [0, 0.1) is 17.6 Å². The number of benzene rings is 1. The lowest BCUT2D eigenvalue weighted by atomic mass is 10.1. The van der Waals surface area contributed by atoms with E-state index >= 15 is 0 Å². The number of halogens is 2. The van der Waals surface area contributed by atoms with Crippen molar-refractivity contribution in [2.75, 3.05) is 5.75 Å². The summed E-state index contributed by atoms with van der Waals surface area (Å²) in [4.78, 5) is 25.7. The Balaban J connectivity index is 3.23. The van der Waals surface area contributed by atoms with Gasteiger partial charge in [0.1, 0.15) is 0 Å². The Morgan fingerprint density at radius 2 is 1.85 bits per heavy atom. The molecule has 1 rings (SSSR count). The van der Waals surface area contributed by atoms with Gasteiger partial charge in [0.05, 0.1) is 10.7 Å². The molecule has 0 aliphatic heterocycles. The molecule has 5 nitrogen and oxygen atoms in total. The van der Waals surface area contributed by atoms with Crippen LogP contribution in [0.5, 0.6) is 0 Å². The van der Waals surface area contributed by atoms with Crippen LogP contribution in [-0.4, -0.2) is 32.9 Å². The molecule has 0 unspecified atom stereocenters. The van der Waals surface area contributed by atoms with E-state index in [1.807, 2.05) is 0 Å². The first-order valence-corrected chi connectivity index (χ1v) is 6.47. The van der Waals surface area contributed by atoms with Crippen LogP contribution in [0.4, 0.5) is 14.5 Å². The molecule has 8 heteroatoms. The zero-order valence-corrected chi connectivity index (χ0v) is 11.2. The van der Waals surface area contributed by atoms with E-state index in [-0.39, 0.29) is 10.7 Å². The molecule has 0 saturated heterocycles. The normalized spacial score (nSPS) is 11.7. The summed E-state index contributed by atoms with van der Waals surface area (Å²) in [5.74, 6) is -6.80. The first-order valence-electron chi connectivity index (χ1n) is 5.48. The number of carboxylic acid groups (broad SMARTS) is 2. The van der Waals surface area contributed by atoms with Crippen LogP contribution in [0.15, 0.2) is 23.2 Å². The van der Waals surface area contributed by atoms with E-state index < -0.39 is 29.5 Å². The third-order valence-corrected chi connectivity index (χ3v) is 3.09. The molecule has 1 aromatic rings. The van der Waals surface area contributed by atoms with Gasteiger partial charge in [-0.15, -0.1) is 11.8 Å². The third-order valence-electron chi connectivity index (χ3n) is 2.18. The highest BCUT2D eigenvalue weighted by atomic mass is 32.2. The third kappa shape index (κ3) is 4.02. The first-order chi connectivity index (χ1) is 9.36. The van der Waals surface area contributed by atoms with Gasteiger partial charge in [-0.3, -0.25) is 9.59 Å². The standard InChI is InChI=1S/C12H11F2NO4S/c1-2-20-10(9(11(16)17)12(18)19)15-6-3-4-7(13)8(14)5-6/h3-5,9H,2H2,1H3,(H,16,17)(H,18,19).